The van der Waals surface area contributed by atoms with Crippen molar-refractivity contribution in [3.63, 3.8) is 0 Å². The molecule has 3 atom stereocenters. The van der Waals surface area contributed by atoms with E-state index in [9.17, 15) is 14.7 Å². The summed E-state index contributed by atoms with van der Waals surface area (Å²) in [5.74, 6) is 0.221. The Bertz CT molecular complexity index is 1380. The zero-order chi connectivity index (χ0) is 26.2. The van der Waals surface area contributed by atoms with E-state index in [-0.39, 0.29) is 30.0 Å². The molecule has 3 aromatic rings. The number of Topliss-reactive ketones (excluding diaryl/α,β-unsaturated/α-hetero) is 1. The lowest BCUT2D eigenvalue weighted by Crippen LogP contribution is -2.51. The highest BCUT2D eigenvalue weighted by molar-refractivity contribution is 5.98. The standard InChI is InChI=1S/C31H32N2O4/c1-4-37-27(35)16-21-9-8-10-22(15-21)28-25-13-14-26-19(2)29(36)23(18-34)17-31(26,24-11-6-5-7-12-24)30(25)33-20(3)32-28/h5-12,15,18-19,26,34H,4,13-14,16-17H2,1-3H3/b23-18-/t19-,26-,31+/m0/s1. The summed E-state index contributed by atoms with van der Waals surface area (Å²) < 4.78 is 5.14. The molecule has 0 unspecified atom stereocenters. The summed E-state index contributed by atoms with van der Waals surface area (Å²) in [7, 11) is 0. The van der Waals surface area contributed by atoms with Gasteiger partial charge in [-0.25, -0.2) is 9.97 Å². The number of ketones is 1. The number of rotatable bonds is 5. The molecule has 5 rings (SSSR count). The Labute approximate surface area is 217 Å². The smallest absolute Gasteiger partial charge is 0.310 e. The third-order valence-corrected chi connectivity index (χ3v) is 7.98. The minimum atomic E-state index is -0.554. The minimum Gasteiger partial charge on any atom is -0.515 e. The van der Waals surface area contributed by atoms with E-state index in [1.807, 2.05) is 56.3 Å². The number of aliphatic hydroxyl groups is 1. The molecule has 1 N–H and O–H groups in total. The summed E-state index contributed by atoms with van der Waals surface area (Å²) in [5, 5.41) is 10.1. The first-order chi connectivity index (χ1) is 17.9. The number of allylic oxidation sites excluding steroid dienone is 1. The van der Waals surface area contributed by atoms with E-state index in [0.29, 0.717) is 24.4 Å². The molecule has 0 aliphatic heterocycles. The second kappa shape index (κ2) is 9.92. The molecule has 1 heterocycles. The van der Waals surface area contributed by atoms with Gasteiger partial charge in [0.25, 0.3) is 0 Å². The number of ether oxygens (including phenoxy) is 1. The lowest BCUT2D eigenvalue weighted by atomic mass is 9.52. The van der Waals surface area contributed by atoms with Crippen molar-refractivity contribution in [2.45, 2.75) is 51.9 Å². The summed E-state index contributed by atoms with van der Waals surface area (Å²) in [5.41, 5.74) is 5.65. The van der Waals surface area contributed by atoms with Crippen molar-refractivity contribution >= 4 is 11.8 Å². The van der Waals surface area contributed by atoms with E-state index >= 15 is 0 Å². The molecule has 2 aliphatic carbocycles. The van der Waals surface area contributed by atoms with Gasteiger partial charge in [-0.1, -0.05) is 55.5 Å². The van der Waals surface area contributed by atoms with Crippen molar-refractivity contribution in [2.75, 3.05) is 6.61 Å². The number of carbonyl (C=O) groups excluding carboxylic acids is 2. The fourth-order valence-electron chi connectivity index (χ4n) is 6.42. The number of esters is 1. The molecule has 0 radical (unpaired) electrons. The van der Waals surface area contributed by atoms with Crippen LogP contribution in [-0.2, 0) is 32.6 Å². The van der Waals surface area contributed by atoms with E-state index in [1.165, 1.54) is 0 Å². The highest BCUT2D eigenvalue weighted by Crippen LogP contribution is 2.56. The summed E-state index contributed by atoms with van der Waals surface area (Å²) in [6.07, 6.45) is 3.15. The molecule has 0 spiro atoms. The Morgan fingerprint density at radius 2 is 1.95 bits per heavy atom. The number of benzene rings is 2. The zero-order valence-electron chi connectivity index (χ0n) is 21.5. The zero-order valence-corrected chi connectivity index (χ0v) is 21.5. The van der Waals surface area contributed by atoms with E-state index in [1.54, 1.807) is 6.92 Å². The molecule has 0 amide bonds. The average molecular weight is 497 g/mol. The normalized spacial score (nSPS) is 23.9. The van der Waals surface area contributed by atoms with E-state index in [2.05, 4.69) is 12.1 Å². The van der Waals surface area contributed by atoms with Crippen molar-refractivity contribution in [1.82, 2.24) is 9.97 Å². The van der Waals surface area contributed by atoms with Crippen LogP contribution in [0.25, 0.3) is 11.3 Å². The minimum absolute atomic E-state index is 0.0141. The Morgan fingerprint density at radius 3 is 2.68 bits per heavy atom. The van der Waals surface area contributed by atoms with Gasteiger partial charge in [0.05, 0.1) is 30.7 Å². The molecule has 1 fully saturated rings. The number of aromatic nitrogens is 2. The van der Waals surface area contributed by atoms with Gasteiger partial charge in [0.1, 0.15) is 5.82 Å². The van der Waals surface area contributed by atoms with Crippen LogP contribution in [0.5, 0.6) is 0 Å². The fourth-order valence-corrected chi connectivity index (χ4v) is 6.42. The molecule has 1 saturated carbocycles. The lowest BCUT2D eigenvalue weighted by Gasteiger charge is -2.51. The van der Waals surface area contributed by atoms with Gasteiger partial charge in [-0.05, 0) is 56.2 Å². The van der Waals surface area contributed by atoms with Crippen LogP contribution in [0.1, 0.15) is 54.9 Å². The van der Waals surface area contributed by atoms with E-state index in [0.717, 1.165) is 52.7 Å². The van der Waals surface area contributed by atoms with Crippen molar-refractivity contribution in [2.24, 2.45) is 11.8 Å². The molecule has 0 bridgehead atoms. The Hall–Kier alpha value is -3.80. The van der Waals surface area contributed by atoms with Crippen LogP contribution >= 0.6 is 0 Å². The maximum absolute atomic E-state index is 13.1. The molecule has 1 aromatic heterocycles. The largest absolute Gasteiger partial charge is 0.515 e. The quantitative estimate of drug-likeness (QED) is 0.287. The molecule has 190 valence electrons. The number of aryl methyl sites for hydroxylation is 1. The second-order valence-corrected chi connectivity index (χ2v) is 10.1. The highest BCUT2D eigenvalue weighted by atomic mass is 16.5. The van der Waals surface area contributed by atoms with Gasteiger partial charge in [-0.3, -0.25) is 9.59 Å². The highest BCUT2D eigenvalue weighted by Gasteiger charge is 2.55. The topological polar surface area (TPSA) is 89.4 Å². The predicted octanol–water partition coefficient (Wildman–Crippen LogP) is 5.46. The van der Waals surface area contributed by atoms with Gasteiger partial charge >= 0.3 is 5.97 Å². The molecule has 2 aromatic carbocycles. The molecule has 0 saturated heterocycles. The van der Waals surface area contributed by atoms with Crippen LogP contribution in [0.4, 0.5) is 0 Å². The van der Waals surface area contributed by atoms with E-state index in [4.69, 9.17) is 14.7 Å². The van der Waals surface area contributed by atoms with Crippen molar-refractivity contribution in [3.8, 4) is 11.3 Å². The first-order valence-electron chi connectivity index (χ1n) is 12.9. The number of hydrogen-bond donors (Lipinski definition) is 1. The van der Waals surface area contributed by atoms with Crippen molar-refractivity contribution in [1.29, 1.82) is 0 Å². The maximum atomic E-state index is 13.1. The summed E-state index contributed by atoms with van der Waals surface area (Å²) in [6.45, 7) is 6.03. The van der Waals surface area contributed by atoms with Gasteiger partial charge in [0.2, 0.25) is 0 Å². The predicted molar refractivity (Wildman–Crippen MR) is 141 cm³/mol. The SMILES string of the molecule is CCOC(=O)Cc1cccc(-c2nc(C)nc3c2CC[C@H]2[C@H](C)C(=O)/C(=C\O)C[C@]32c2ccccc2)c1. The third-order valence-electron chi connectivity index (χ3n) is 7.98. The summed E-state index contributed by atoms with van der Waals surface area (Å²) in [6, 6.07) is 18.1. The monoisotopic (exact) mass is 496 g/mol. The van der Waals surface area contributed by atoms with Gasteiger partial charge < -0.3 is 9.84 Å². The first kappa shape index (κ1) is 24.9. The summed E-state index contributed by atoms with van der Waals surface area (Å²) in [4.78, 5) is 35.2. The molecule has 6 nitrogen and oxygen atoms in total. The van der Waals surface area contributed by atoms with Gasteiger partial charge in [0, 0.05) is 28.0 Å². The van der Waals surface area contributed by atoms with Gasteiger partial charge in [-0.15, -0.1) is 0 Å². The van der Waals surface area contributed by atoms with E-state index < -0.39 is 5.41 Å². The lowest BCUT2D eigenvalue weighted by molar-refractivity contribution is -0.142. The number of aliphatic hydroxyl groups excluding tert-OH is 1. The van der Waals surface area contributed by atoms with Crippen molar-refractivity contribution in [3.05, 3.63) is 94.6 Å². The average Bonchev–Trinajstić information content (AvgIpc) is 2.91. The molecule has 37 heavy (non-hydrogen) atoms. The molecule has 6 heteroatoms. The fraction of sp³-hybridized carbons (Fsp3) is 0.355. The maximum Gasteiger partial charge on any atom is 0.310 e. The number of fused-ring (bicyclic) bond motifs is 3. The Kier molecular flexibility index (Phi) is 6.67. The van der Waals surface area contributed by atoms with Gasteiger partial charge in [0.15, 0.2) is 5.78 Å². The van der Waals surface area contributed by atoms with Crippen LogP contribution in [0, 0.1) is 18.8 Å². The first-order valence-corrected chi connectivity index (χ1v) is 12.9. The van der Waals surface area contributed by atoms with Crippen LogP contribution in [0.2, 0.25) is 0 Å². The van der Waals surface area contributed by atoms with Crippen LogP contribution < -0.4 is 0 Å². The van der Waals surface area contributed by atoms with Crippen LogP contribution in [0.15, 0.2) is 66.4 Å². The number of nitrogens with zero attached hydrogens (tertiary/aromatic N) is 2. The molecule has 2 aliphatic rings. The van der Waals surface area contributed by atoms with Gasteiger partial charge in [-0.2, -0.15) is 0 Å². The van der Waals surface area contributed by atoms with Crippen LogP contribution in [-0.4, -0.2) is 33.4 Å². The molecular weight excluding hydrogens is 464 g/mol. The Morgan fingerprint density at radius 1 is 1.16 bits per heavy atom. The van der Waals surface area contributed by atoms with Crippen molar-refractivity contribution < 1.29 is 19.4 Å². The second-order valence-electron chi connectivity index (χ2n) is 10.1. The van der Waals surface area contributed by atoms with Crippen LogP contribution in [0.3, 0.4) is 0 Å². The number of carbonyl (C=O) groups is 2. The third kappa shape index (κ3) is 4.24. The number of hydrogen-bond acceptors (Lipinski definition) is 6. The summed E-state index contributed by atoms with van der Waals surface area (Å²) >= 11 is 0. The molecular formula is C31H32N2O4. The Balaban J connectivity index is 1.71.